The standard InChI is InChI=1S/C30H66N2O5Si5/c1-14-32(15-2)29-27(25(5)42(33-6,34-7)35-8)23-28(39(9)10)26(30(29)40(11)12)19-21-38-24-31-20-18-22-41(13,36-16-3)37-17-4/h23,25,31,39-40H,14-22,24,38H2,1-13H3. The first-order valence-corrected chi connectivity index (χ1v) is 28.6. The van der Waals surface area contributed by atoms with Gasteiger partial charge in [0.05, 0.1) is 23.1 Å². The van der Waals surface area contributed by atoms with Gasteiger partial charge in [0, 0.05) is 62.8 Å². The van der Waals surface area contributed by atoms with Gasteiger partial charge < -0.3 is 32.3 Å². The molecule has 0 aliphatic carbocycles. The summed E-state index contributed by atoms with van der Waals surface area (Å²) in [6, 6.07) is 4.96. The van der Waals surface area contributed by atoms with Crippen LogP contribution in [0.15, 0.2) is 6.07 Å². The van der Waals surface area contributed by atoms with Crippen LogP contribution >= 0.6 is 0 Å². The number of benzene rings is 1. The van der Waals surface area contributed by atoms with E-state index in [0.717, 1.165) is 45.3 Å². The van der Waals surface area contributed by atoms with Crippen LogP contribution < -0.4 is 20.6 Å². The molecule has 0 aliphatic rings. The molecule has 0 fully saturated rings. The van der Waals surface area contributed by atoms with Crippen molar-refractivity contribution >= 4 is 60.5 Å². The average Bonchev–Trinajstić information content (AvgIpc) is 2.96. The van der Waals surface area contributed by atoms with Crippen molar-refractivity contribution in [2.45, 2.75) is 97.8 Å². The van der Waals surface area contributed by atoms with Crippen molar-refractivity contribution < 1.29 is 22.1 Å². The van der Waals surface area contributed by atoms with E-state index in [9.17, 15) is 0 Å². The maximum Gasteiger partial charge on any atom is 0.507 e. The normalized spacial score (nSPS) is 13.7. The molecular formula is C30H66N2O5Si5. The van der Waals surface area contributed by atoms with Crippen LogP contribution in [0.5, 0.6) is 0 Å². The van der Waals surface area contributed by atoms with Gasteiger partial charge in [-0.05, 0) is 82.2 Å². The van der Waals surface area contributed by atoms with E-state index in [4.69, 9.17) is 22.1 Å². The van der Waals surface area contributed by atoms with E-state index in [-0.39, 0.29) is 15.1 Å². The molecule has 1 N–H and O–H groups in total. The summed E-state index contributed by atoms with van der Waals surface area (Å²) in [6.07, 6.45) is 3.55. The van der Waals surface area contributed by atoms with Gasteiger partial charge in [0.25, 0.3) is 0 Å². The van der Waals surface area contributed by atoms with E-state index in [1.807, 2.05) is 0 Å². The molecule has 1 rings (SSSR count). The van der Waals surface area contributed by atoms with Gasteiger partial charge in [-0.25, -0.2) is 0 Å². The number of nitrogens with one attached hydrogen (secondary N) is 1. The molecule has 0 heterocycles. The summed E-state index contributed by atoms with van der Waals surface area (Å²) >= 11 is 0. The topological polar surface area (TPSA) is 61.4 Å². The SMILES string of the molecule is CCO[Si](C)(CCCNC[SiH2]CCc1c([SiH](C)C)cc(C(C)[Si](OC)(OC)OC)c(N(CC)CC)c1[SiH](C)C)OCC. The fraction of sp³-hybridized carbons (Fsp3) is 0.800. The highest BCUT2D eigenvalue weighted by atomic mass is 28.4. The summed E-state index contributed by atoms with van der Waals surface area (Å²) < 4.78 is 30.1. The van der Waals surface area contributed by atoms with Crippen molar-refractivity contribution in [3.63, 3.8) is 0 Å². The molecule has 0 bridgehead atoms. The number of nitrogens with zero attached hydrogens (tertiary/aromatic N) is 1. The molecule has 42 heavy (non-hydrogen) atoms. The fourth-order valence-electron chi connectivity index (χ4n) is 6.39. The van der Waals surface area contributed by atoms with E-state index in [2.05, 4.69) is 83.6 Å². The third kappa shape index (κ3) is 10.7. The number of anilines is 1. The third-order valence-corrected chi connectivity index (χ3v) is 19.8. The highest BCUT2D eigenvalue weighted by Crippen LogP contribution is 2.35. The molecule has 0 amide bonds. The summed E-state index contributed by atoms with van der Waals surface area (Å²) in [5.41, 5.74) is 4.59. The van der Waals surface area contributed by atoms with Crippen LogP contribution in [-0.2, 0) is 28.6 Å². The summed E-state index contributed by atoms with van der Waals surface area (Å²) in [4.78, 5) is 2.59. The van der Waals surface area contributed by atoms with Crippen LogP contribution in [0.1, 0.15) is 57.7 Å². The average molecular weight is 675 g/mol. The van der Waals surface area contributed by atoms with E-state index in [0.29, 0.717) is 0 Å². The second kappa shape index (κ2) is 20.1. The molecular weight excluding hydrogens is 609 g/mol. The molecule has 1 aromatic rings. The quantitative estimate of drug-likeness (QED) is 0.141. The zero-order valence-corrected chi connectivity index (χ0v) is 35.3. The lowest BCUT2D eigenvalue weighted by Crippen LogP contribution is -2.51. The minimum atomic E-state index is -2.88. The molecule has 0 radical (unpaired) electrons. The Bertz CT molecular complexity index is 887. The molecule has 1 aromatic carbocycles. The van der Waals surface area contributed by atoms with Crippen LogP contribution in [0.2, 0.25) is 44.8 Å². The Hall–Kier alpha value is -0.136. The predicted octanol–water partition coefficient (Wildman–Crippen LogP) is 3.65. The molecule has 0 aromatic heterocycles. The Morgan fingerprint density at radius 1 is 0.929 bits per heavy atom. The molecule has 0 spiro atoms. The summed E-state index contributed by atoms with van der Waals surface area (Å²) in [7, 11) is -2.08. The molecule has 12 heteroatoms. The van der Waals surface area contributed by atoms with Crippen molar-refractivity contribution in [1.29, 1.82) is 0 Å². The molecule has 0 saturated heterocycles. The van der Waals surface area contributed by atoms with Crippen LogP contribution in [0.3, 0.4) is 0 Å². The minimum Gasteiger partial charge on any atom is -0.395 e. The van der Waals surface area contributed by atoms with Crippen LogP contribution in [0, 0.1) is 0 Å². The Balaban J connectivity index is 3.25. The van der Waals surface area contributed by atoms with Crippen molar-refractivity contribution in [3.05, 3.63) is 17.2 Å². The highest BCUT2D eigenvalue weighted by molar-refractivity contribution is 6.76. The lowest BCUT2D eigenvalue weighted by molar-refractivity contribution is 0.114. The zero-order valence-electron chi connectivity index (χ0n) is 29.6. The lowest BCUT2D eigenvalue weighted by atomic mass is 10.0. The van der Waals surface area contributed by atoms with E-state index < -0.39 is 35.0 Å². The van der Waals surface area contributed by atoms with Crippen molar-refractivity contribution in [3.8, 4) is 0 Å². The Kier molecular flexibility index (Phi) is 19.1. The van der Waals surface area contributed by atoms with Gasteiger partial charge in [-0.2, -0.15) is 0 Å². The maximum absolute atomic E-state index is 6.03. The van der Waals surface area contributed by atoms with Gasteiger partial charge in [-0.15, -0.1) is 0 Å². The summed E-state index contributed by atoms with van der Waals surface area (Å²) in [5, 5.41) is 7.09. The van der Waals surface area contributed by atoms with Crippen LogP contribution in [0.25, 0.3) is 0 Å². The zero-order chi connectivity index (χ0) is 31.9. The first kappa shape index (κ1) is 39.9. The lowest BCUT2D eigenvalue weighted by Gasteiger charge is -2.37. The number of rotatable bonds is 23. The third-order valence-electron chi connectivity index (χ3n) is 8.56. The fourth-order valence-corrected chi connectivity index (χ4v) is 15.9. The molecule has 1 unspecified atom stereocenters. The second-order valence-corrected chi connectivity index (χ2v) is 26.4. The number of hydrogen-bond donors (Lipinski definition) is 1. The van der Waals surface area contributed by atoms with Gasteiger partial charge in [0.15, 0.2) is 0 Å². The molecule has 7 nitrogen and oxygen atoms in total. The van der Waals surface area contributed by atoms with Gasteiger partial charge in [-0.3, -0.25) is 0 Å². The van der Waals surface area contributed by atoms with E-state index in [1.165, 1.54) is 29.9 Å². The summed E-state index contributed by atoms with van der Waals surface area (Å²) in [5.74, 6) is 0. The molecule has 0 aliphatic heterocycles. The summed E-state index contributed by atoms with van der Waals surface area (Å²) in [6.45, 7) is 27.7. The minimum absolute atomic E-state index is 0.0640. The molecule has 1 atom stereocenters. The Morgan fingerprint density at radius 2 is 1.50 bits per heavy atom. The predicted molar refractivity (Wildman–Crippen MR) is 196 cm³/mol. The van der Waals surface area contributed by atoms with Gasteiger partial charge in [-0.1, -0.05) is 50.4 Å². The van der Waals surface area contributed by atoms with Crippen molar-refractivity contribution in [2.24, 2.45) is 0 Å². The number of hydrogen-bond acceptors (Lipinski definition) is 7. The van der Waals surface area contributed by atoms with E-state index in [1.54, 1.807) is 37.3 Å². The Labute approximate surface area is 267 Å². The largest absolute Gasteiger partial charge is 0.507 e. The smallest absolute Gasteiger partial charge is 0.395 e. The van der Waals surface area contributed by atoms with Crippen LogP contribution in [-0.4, -0.2) is 105 Å². The van der Waals surface area contributed by atoms with Crippen molar-refractivity contribution in [1.82, 2.24) is 5.32 Å². The van der Waals surface area contributed by atoms with E-state index >= 15 is 0 Å². The van der Waals surface area contributed by atoms with Gasteiger partial charge in [0.1, 0.15) is 0 Å². The highest BCUT2D eigenvalue weighted by Gasteiger charge is 2.47. The van der Waals surface area contributed by atoms with Gasteiger partial charge >= 0.3 is 17.4 Å². The first-order valence-electron chi connectivity index (χ1n) is 16.5. The maximum atomic E-state index is 6.03. The monoisotopic (exact) mass is 674 g/mol. The first-order chi connectivity index (χ1) is 20.0. The van der Waals surface area contributed by atoms with Gasteiger partial charge in [0.2, 0.25) is 0 Å². The Morgan fingerprint density at radius 3 is 1.95 bits per heavy atom. The molecule has 246 valence electrons. The second-order valence-electron chi connectivity index (χ2n) is 12.0. The van der Waals surface area contributed by atoms with Crippen molar-refractivity contribution in [2.75, 3.05) is 65.2 Å². The molecule has 0 saturated carbocycles. The van der Waals surface area contributed by atoms with Crippen LogP contribution in [0.4, 0.5) is 5.69 Å².